The van der Waals surface area contributed by atoms with Crippen LogP contribution in [0, 0.1) is 6.92 Å². The summed E-state index contributed by atoms with van der Waals surface area (Å²) in [6, 6.07) is 9.96. The summed E-state index contributed by atoms with van der Waals surface area (Å²) in [4.78, 5) is 13.0. The number of hydrogen-bond donors (Lipinski definition) is 2. The van der Waals surface area contributed by atoms with Crippen molar-refractivity contribution in [3.63, 3.8) is 0 Å². The van der Waals surface area contributed by atoms with Crippen molar-refractivity contribution in [1.82, 2.24) is 15.0 Å². The number of fused-ring (bicyclic) bond motifs is 1. The summed E-state index contributed by atoms with van der Waals surface area (Å²) >= 11 is 0. The number of benzene rings is 1. The average Bonchev–Trinajstić information content (AvgIpc) is 2.54. The van der Waals surface area contributed by atoms with Gasteiger partial charge in [0.25, 0.3) is 0 Å². The molecule has 0 fully saturated rings. The topological polar surface area (TPSA) is 70.9 Å². The van der Waals surface area contributed by atoms with E-state index in [0.29, 0.717) is 12.4 Å². The number of aromatic nitrogens is 3. The van der Waals surface area contributed by atoms with E-state index < -0.39 is 0 Å². The zero-order chi connectivity index (χ0) is 14.7. The van der Waals surface area contributed by atoms with E-state index in [4.69, 9.17) is 5.11 Å². The van der Waals surface area contributed by atoms with Crippen molar-refractivity contribution in [2.75, 3.05) is 18.5 Å². The van der Waals surface area contributed by atoms with Gasteiger partial charge in [0.15, 0.2) is 0 Å². The van der Waals surface area contributed by atoms with Crippen LogP contribution in [0.2, 0.25) is 0 Å². The van der Waals surface area contributed by atoms with Gasteiger partial charge in [0, 0.05) is 29.8 Å². The summed E-state index contributed by atoms with van der Waals surface area (Å²) in [5.41, 5.74) is 3.99. The fourth-order valence-electron chi connectivity index (χ4n) is 2.32. The van der Waals surface area contributed by atoms with Crippen molar-refractivity contribution in [3.8, 4) is 11.3 Å². The van der Waals surface area contributed by atoms with E-state index in [0.717, 1.165) is 27.7 Å². The first kappa shape index (κ1) is 13.5. The van der Waals surface area contributed by atoms with Gasteiger partial charge in [0.2, 0.25) is 0 Å². The maximum atomic E-state index is 8.87. The molecule has 2 N–H and O–H groups in total. The lowest BCUT2D eigenvalue weighted by Crippen LogP contribution is -2.07. The molecule has 0 aliphatic rings. The number of aryl methyl sites for hydroxylation is 1. The molecule has 3 rings (SSSR count). The van der Waals surface area contributed by atoms with Crippen LogP contribution < -0.4 is 5.32 Å². The molecule has 0 aliphatic carbocycles. The Morgan fingerprint density at radius 3 is 2.90 bits per heavy atom. The molecule has 5 heteroatoms. The molecule has 21 heavy (non-hydrogen) atoms. The summed E-state index contributed by atoms with van der Waals surface area (Å²) in [6.07, 6.45) is 3.32. The SMILES string of the molecule is Cc1ccc(-c2cc(NCCO)ncn2)c2cccnc12. The summed E-state index contributed by atoms with van der Waals surface area (Å²) < 4.78 is 0. The maximum Gasteiger partial charge on any atom is 0.130 e. The second-order valence-corrected chi connectivity index (χ2v) is 4.77. The lowest BCUT2D eigenvalue weighted by atomic mass is 10.0. The number of aliphatic hydroxyl groups excluding tert-OH is 1. The van der Waals surface area contributed by atoms with Gasteiger partial charge in [0.05, 0.1) is 17.8 Å². The summed E-state index contributed by atoms with van der Waals surface area (Å²) in [5, 5.41) is 13.0. The molecule has 0 aliphatic heterocycles. The van der Waals surface area contributed by atoms with Crippen LogP contribution in [0.1, 0.15) is 5.56 Å². The first-order valence-electron chi connectivity index (χ1n) is 6.81. The highest BCUT2D eigenvalue weighted by Gasteiger charge is 2.08. The minimum atomic E-state index is 0.0662. The number of pyridine rings is 1. The van der Waals surface area contributed by atoms with E-state index in [2.05, 4.69) is 26.3 Å². The van der Waals surface area contributed by atoms with Gasteiger partial charge >= 0.3 is 0 Å². The molecule has 0 unspecified atom stereocenters. The van der Waals surface area contributed by atoms with Gasteiger partial charge in [-0.1, -0.05) is 18.2 Å². The van der Waals surface area contributed by atoms with Crippen LogP contribution in [0.5, 0.6) is 0 Å². The number of hydrogen-bond acceptors (Lipinski definition) is 5. The van der Waals surface area contributed by atoms with Crippen molar-refractivity contribution in [2.45, 2.75) is 6.92 Å². The number of nitrogens with zero attached hydrogens (tertiary/aromatic N) is 3. The Hall–Kier alpha value is -2.53. The Labute approximate surface area is 122 Å². The first-order valence-corrected chi connectivity index (χ1v) is 6.81. The number of aliphatic hydroxyl groups is 1. The van der Waals surface area contributed by atoms with Crippen LogP contribution >= 0.6 is 0 Å². The minimum Gasteiger partial charge on any atom is -0.395 e. The van der Waals surface area contributed by atoms with E-state index in [9.17, 15) is 0 Å². The zero-order valence-corrected chi connectivity index (χ0v) is 11.7. The molecule has 1 aromatic carbocycles. The third-order valence-electron chi connectivity index (χ3n) is 3.33. The molecule has 106 valence electrons. The molecule has 0 radical (unpaired) electrons. The van der Waals surface area contributed by atoms with E-state index in [-0.39, 0.29) is 6.61 Å². The normalized spacial score (nSPS) is 10.8. The van der Waals surface area contributed by atoms with Crippen LogP contribution in [0.3, 0.4) is 0 Å². The van der Waals surface area contributed by atoms with E-state index in [1.807, 2.05) is 31.2 Å². The molecule has 2 aromatic heterocycles. The van der Waals surface area contributed by atoms with Gasteiger partial charge in [-0.15, -0.1) is 0 Å². The van der Waals surface area contributed by atoms with Crippen LogP contribution in [0.15, 0.2) is 42.9 Å². The highest BCUT2D eigenvalue weighted by Crippen LogP contribution is 2.28. The molecule has 0 atom stereocenters. The van der Waals surface area contributed by atoms with Crippen molar-refractivity contribution in [3.05, 3.63) is 48.4 Å². The molecule has 3 aromatic rings. The van der Waals surface area contributed by atoms with E-state index in [1.165, 1.54) is 6.33 Å². The molecular formula is C16H16N4O. The second-order valence-electron chi connectivity index (χ2n) is 4.77. The third-order valence-corrected chi connectivity index (χ3v) is 3.33. The monoisotopic (exact) mass is 280 g/mol. The molecule has 2 heterocycles. The Kier molecular flexibility index (Phi) is 3.75. The number of rotatable bonds is 4. The van der Waals surface area contributed by atoms with Gasteiger partial charge in [-0.25, -0.2) is 9.97 Å². The smallest absolute Gasteiger partial charge is 0.130 e. The predicted molar refractivity (Wildman–Crippen MR) is 83.1 cm³/mol. The van der Waals surface area contributed by atoms with Gasteiger partial charge < -0.3 is 10.4 Å². The molecule has 0 bridgehead atoms. The van der Waals surface area contributed by atoms with E-state index >= 15 is 0 Å². The summed E-state index contributed by atoms with van der Waals surface area (Å²) in [7, 11) is 0. The highest BCUT2D eigenvalue weighted by molar-refractivity contribution is 5.95. The molecular weight excluding hydrogens is 264 g/mol. The summed E-state index contributed by atoms with van der Waals surface area (Å²) in [5.74, 6) is 0.701. The lowest BCUT2D eigenvalue weighted by molar-refractivity contribution is 0.311. The fourth-order valence-corrected chi connectivity index (χ4v) is 2.32. The van der Waals surface area contributed by atoms with Gasteiger partial charge in [-0.3, -0.25) is 4.98 Å². The fraction of sp³-hybridized carbons (Fsp3) is 0.188. The maximum absolute atomic E-state index is 8.87. The van der Waals surface area contributed by atoms with Crippen molar-refractivity contribution < 1.29 is 5.11 Å². The lowest BCUT2D eigenvalue weighted by Gasteiger charge is -2.09. The average molecular weight is 280 g/mol. The molecule has 0 spiro atoms. The van der Waals surface area contributed by atoms with Gasteiger partial charge in [0.1, 0.15) is 12.1 Å². The quantitative estimate of drug-likeness (QED) is 0.768. The largest absolute Gasteiger partial charge is 0.395 e. The number of nitrogens with one attached hydrogen (secondary N) is 1. The molecule has 5 nitrogen and oxygen atoms in total. The van der Waals surface area contributed by atoms with Gasteiger partial charge in [-0.2, -0.15) is 0 Å². The Morgan fingerprint density at radius 1 is 1.14 bits per heavy atom. The third kappa shape index (κ3) is 2.68. The van der Waals surface area contributed by atoms with Crippen molar-refractivity contribution >= 4 is 16.7 Å². The summed E-state index contributed by atoms with van der Waals surface area (Å²) in [6.45, 7) is 2.58. The van der Waals surface area contributed by atoms with Crippen molar-refractivity contribution in [1.29, 1.82) is 0 Å². The standard InChI is InChI=1S/C16H16N4O/c1-11-4-5-12(13-3-2-6-18-16(11)13)14-9-15(17-7-8-21)20-10-19-14/h2-6,9-10,21H,7-8H2,1H3,(H,17,19,20). The minimum absolute atomic E-state index is 0.0662. The van der Waals surface area contributed by atoms with Crippen molar-refractivity contribution in [2.24, 2.45) is 0 Å². The van der Waals surface area contributed by atoms with Gasteiger partial charge in [-0.05, 0) is 18.6 Å². The Morgan fingerprint density at radius 2 is 2.05 bits per heavy atom. The second kappa shape index (κ2) is 5.85. The predicted octanol–water partition coefficient (Wildman–Crippen LogP) is 2.40. The van der Waals surface area contributed by atoms with Crippen LogP contribution in [-0.4, -0.2) is 33.2 Å². The Bertz CT molecular complexity index is 773. The highest BCUT2D eigenvalue weighted by atomic mass is 16.3. The number of anilines is 1. The Balaban J connectivity index is 2.10. The van der Waals surface area contributed by atoms with Crippen LogP contribution in [-0.2, 0) is 0 Å². The van der Waals surface area contributed by atoms with E-state index in [1.54, 1.807) is 6.20 Å². The zero-order valence-electron chi connectivity index (χ0n) is 11.7. The first-order chi connectivity index (χ1) is 10.3. The van der Waals surface area contributed by atoms with Crippen LogP contribution in [0.25, 0.3) is 22.2 Å². The van der Waals surface area contributed by atoms with Crippen LogP contribution in [0.4, 0.5) is 5.82 Å². The molecule has 0 amide bonds. The molecule has 0 saturated carbocycles. The molecule has 0 saturated heterocycles.